The van der Waals surface area contributed by atoms with Crippen LogP contribution in [0, 0.1) is 0 Å². The van der Waals surface area contributed by atoms with E-state index in [4.69, 9.17) is 4.74 Å². The SMILES string of the molecule is Cn1ncc(C(=O)C2=COCCC2)n1. The van der Waals surface area contributed by atoms with Crippen molar-refractivity contribution in [1.29, 1.82) is 0 Å². The Morgan fingerprint density at radius 3 is 3.07 bits per heavy atom. The molecule has 1 aromatic rings. The minimum atomic E-state index is -0.0854. The zero-order chi connectivity index (χ0) is 9.97. The Bertz CT molecular complexity index is 381. The van der Waals surface area contributed by atoms with Crippen LogP contribution in [0.25, 0.3) is 0 Å². The topological polar surface area (TPSA) is 57.0 Å². The first-order valence-electron chi connectivity index (χ1n) is 4.49. The van der Waals surface area contributed by atoms with Gasteiger partial charge in [-0.15, -0.1) is 0 Å². The molecule has 2 rings (SSSR count). The highest BCUT2D eigenvalue weighted by molar-refractivity contribution is 6.06. The van der Waals surface area contributed by atoms with E-state index in [1.807, 2.05) is 0 Å². The number of aromatic nitrogens is 3. The molecule has 5 nitrogen and oxygen atoms in total. The summed E-state index contributed by atoms with van der Waals surface area (Å²) in [6.45, 7) is 0.692. The van der Waals surface area contributed by atoms with Crippen LogP contribution in [-0.4, -0.2) is 27.4 Å². The van der Waals surface area contributed by atoms with E-state index in [1.54, 1.807) is 7.05 Å². The number of nitrogens with zero attached hydrogens (tertiary/aromatic N) is 3. The van der Waals surface area contributed by atoms with Crippen LogP contribution in [0.2, 0.25) is 0 Å². The van der Waals surface area contributed by atoms with Crippen molar-refractivity contribution in [2.45, 2.75) is 12.8 Å². The Labute approximate surface area is 81.4 Å². The molecule has 0 fully saturated rings. The molecule has 74 valence electrons. The molecule has 1 aromatic heterocycles. The lowest BCUT2D eigenvalue weighted by Gasteiger charge is -2.10. The highest BCUT2D eigenvalue weighted by Crippen LogP contribution is 2.15. The number of ketones is 1. The van der Waals surface area contributed by atoms with Gasteiger partial charge in [-0.05, 0) is 12.8 Å². The third-order valence-corrected chi connectivity index (χ3v) is 2.06. The van der Waals surface area contributed by atoms with Crippen LogP contribution in [0.5, 0.6) is 0 Å². The standard InChI is InChI=1S/C9H11N3O2/c1-12-10-5-8(11-12)9(13)7-3-2-4-14-6-7/h5-6H,2-4H2,1H3. The van der Waals surface area contributed by atoms with Gasteiger partial charge in [0.05, 0.1) is 19.1 Å². The van der Waals surface area contributed by atoms with Crippen LogP contribution < -0.4 is 0 Å². The average Bonchev–Trinajstić information content (AvgIpc) is 2.65. The van der Waals surface area contributed by atoms with Crippen LogP contribution in [0.1, 0.15) is 23.3 Å². The second-order valence-corrected chi connectivity index (χ2v) is 3.17. The molecule has 0 N–H and O–H groups in total. The number of ether oxygens (including phenoxy) is 1. The molecule has 2 heterocycles. The monoisotopic (exact) mass is 193 g/mol. The zero-order valence-corrected chi connectivity index (χ0v) is 7.93. The number of allylic oxidation sites excluding steroid dienone is 1. The van der Waals surface area contributed by atoms with Crippen LogP contribution in [0.4, 0.5) is 0 Å². The van der Waals surface area contributed by atoms with Gasteiger partial charge in [-0.2, -0.15) is 15.0 Å². The van der Waals surface area contributed by atoms with Gasteiger partial charge in [-0.1, -0.05) is 0 Å². The minimum Gasteiger partial charge on any atom is -0.501 e. The van der Waals surface area contributed by atoms with Gasteiger partial charge in [0.15, 0.2) is 5.69 Å². The zero-order valence-electron chi connectivity index (χ0n) is 7.93. The summed E-state index contributed by atoms with van der Waals surface area (Å²) in [6.07, 6.45) is 4.64. The van der Waals surface area contributed by atoms with Crippen molar-refractivity contribution >= 4 is 5.78 Å². The molecule has 0 aliphatic carbocycles. The largest absolute Gasteiger partial charge is 0.501 e. The quantitative estimate of drug-likeness (QED) is 0.648. The molecule has 0 saturated heterocycles. The first-order chi connectivity index (χ1) is 6.77. The van der Waals surface area contributed by atoms with E-state index < -0.39 is 0 Å². The van der Waals surface area contributed by atoms with Crippen molar-refractivity contribution < 1.29 is 9.53 Å². The fourth-order valence-corrected chi connectivity index (χ4v) is 1.35. The number of rotatable bonds is 2. The molecule has 1 aliphatic rings. The molecule has 0 saturated carbocycles. The summed E-state index contributed by atoms with van der Waals surface area (Å²) in [5.74, 6) is -0.0854. The lowest BCUT2D eigenvalue weighted by atomic mass is 10.0. The summed E-state index contributed by atoms with van der Waals surface area (Å²) in [4.78, 5) is 13.1. The fraction of sp³-hybridized carbons (Fsp3) is 0.444. The maximum Gasteiger partial charge on any atom is 0.213 e. The summed E-state index contributed by atoms with van der Waals surface area (Å²) < 4.78 is 5.09. The minimum absolute atomic E-state index is 0.0854. The molecule has 0 bridgehead atoms. The first-order valence-corrected chi connectivity index (χ1v) is 4.49. The molecule has 1 aliphatic heterocycles. The van der Waals surface area contributed by atoms with E-state index >= 15 is 0 Å². The number of aryl methyl sites for hydroxylation is 1. The molecule has 14 heavy (non-hydrogen) atoms. The normalized spacial score (nSPS) is 15.9. The third-order valence-electron chi connectivity index (χ3n) is 2.06. The lowest BCUT2D eigenvalue weighted by Crippen LogP contribution is -2.10. The van der Waals surface area contributed by atoms with Crippen LogP contribution >= 0.6 is 0 Å². The molecule has 0 atom stereocenters. The number of carbonyl (C=O) groups is 1. The summed E-state index contributed by atoms with van der Waals surface area (Å²) in [7, 11) is 1.68. The number of carbonyl (C=O) groups excluding carboxylic acids is 1. The predicted molar refractivity (Wildman–Crippen MR) is 48.6 cm³/mol. The van der Waals surface area contributed by atoms with Gasteiger partial charge in [0.2, 0.25) is 5.78 Å². The van der Waals surface area contributed by atoms with Gasteiger partial charge in [-0.3, -0.25) is 4.79 Å². The van der Waals surface area contributed by atoms with E-state index in [9.17, 15) is 4.79 Å². The summed E-state index contributed by atoms with van der Waals surface area (Å²) >= 11 is 0. The summed E-state index contributed by atoms with van der Waals surface area (Å²) in [5, 5.41) is 7.79. The van der Waals surface area contributed by atoms with Gasteiger partial charge in [-0.25, -0.2) is 0 Å². The van der Waals surface area contributed by atoms with Crippen molar-refractivity contribution in [1.82, 2.24) is 15.0 Å². The Kier molecular flexibility index (Phi) is 2.30. The van der Waals surface area contributed by atoms with E-state index in [2.05, 4.69) is 10.2 Å². The molecule has 5 heteroatoms. The lowest BCUT2D eigenvalue weighted by molar-refractivity contribution is 0.100. The van der Waals surface area contributed by atoms with Crippen molar-refractivity contribution in [3.63, 3.8) is 0 Å². The van der Waals surface area contributed by atoms with Gasteiger partial charge < -0.3 is 4.74 Å². The fourth-order valence-electron chi connectivity index (χ4n) is 1.35. The second kappa shape index (κ2) is 3.61. The number of hydrogen-bond acceptors (Lipinski definition) is 4. The number of Topliss-reactive ketones (excluding diaryl/α,β-unsaturated/α-hetero) is 1. The van der Waals surface area contributed by atoms with Crippen molar-refractivity contribution in [3.8, 4) is 0 Å². The Balaban J connectivity index is 2.19. The highest BCUT2D eigenvalue weighted by Gasteiger charge is 2.17. The Morgan fingerprint density at radius 2 is 2.50 bits per heavy atom. The number of hydrogen-bond donors (Lipinski definition) is 0. The van der Waals surface area contributed by atoms with Gasteiger partial charge in [0, 0.05) is 12.6 Å². The van der Waals surface area contributed by atoms with E-state index in [1.165, 1.54) is 17.3 Å². The molecule has 0 amide bonds. The molecular formula is C9H11N3O2. The van der Waals surface area contributed by atoms with Crippen molar-refractivity contribution in [2.75, 3.05) is 6.61 Å². The Hall–Kier alpha value is -1.65. The maximum absolute atomic E-state index is 11.7. The molecule has 0 unspecified atom stereocenters. The Morgan fingerprint density at radius 1 is 1.64 bits per heavy atom. The van der Waals surface area contributed by atoms with Crippen LogP contribution in [-0.2, 0) is 11.8 Å². The van der Waals surface area contributed by atoms with Crippen molar-refractivity contribution in [3.05, 3.63) is 23.7 Å². The van der Waals surface area contributed by atoms with Crippen molar-refractivity contribution in [2.24, 2.45) is 7.05 Å². The molecule has 0 spiro atoms. The van der Waals surface area contributed by atoms with Crippen LogP contribution in [0.15, 0.2) is 18.0 Å². The van der Waals surface area contributed by atoms with Crippen LogP contribution in [0.3, 0.4) is 0 Å². The average molecular weight is 193 g/mol. The molecular weight excluding hydrogens is 182 g/mol. The van der Waals surface area contributed by atoms with Gasteiger partial charge in [0.25, 0.3) is 0 Å². The van der Waals surface area contributed by atoms with E-state index in [0.717, 1.165) is 12.8 Å². The van der Waals surface area contributed by atoms with E-state index in [-0.39, 0.29) is 5.78 Å². The molecule has 0 radical (unpaired) electrons. The molecule has 0 aromatic carbocycles. The highest BCUT2D eigenvalue weighted by atomic mass is 16.5. The summed E-state index contributed by atoms with van der Waals surface area (Å²) in [6, 6.07) is 0. The summed E-state index contributed by atoms with van der Waals surface area (Å²) in [5.41, 5.74) is 1.06. The van der Waals surface area contributed by atoms with E-state index in [0.29, 0.717) is 17.9 Å². The maximum atomic E-state index is 11.7. The van der Waals surface area contributed by atoms with Gasteiger partial charge in [0.1, 0.15) is 0 Å². The smallest absolute Gasteiger partial charge is 0.213 e. The predicted octanol–water partition coefficient (Wildman–Crippen LogP) is 0.692. The van der Waals surface area contributed by atoms with Gasteiger partial charge >= 0.3 is 0 Å². The third kappa shape index (κ3) is 1.66. The second-order valence-electron chi connectivity index (χ2n) is 3.17. The first kappa shape index (κ1) is 8.93.